The average molecular weight is 432 g/mol. The Morgan fingerprint density at radius 3 is 2.65 bits per heavy atom. The van der Waals surface area contributed by atoms with Crippen molar-refractivity contribution in [2.75, 3.05) is 12.4 Å². The van der Waals surface area contributed by atoms with Crippen LogP contribution < -0.4 is 15.4 Å². The number of halogens is 1. The van der Waals surface area contributed by atoms with E-state index in [1.807, 2.05) is 55.5 Å². The van der Waals surface area contributed by atoms with E-state index in [0.717, 1.165) is 21.5 Å². The Balaban J connectivity index is 1.69. The second-order valence-corrected chi connectivity index (χ2v) is 7.48. The first-order chi connectivity index (χ1) is 12.6. The number of methoxy groups -OCH3 is 1. The lowest BCUT2D eigenvalue weighted by atomic mass is 10.2. The third-order valence-electron chi connectivity index (χ3n) is 3.72. The highest BCUT2D eigenvalue weighted by Crippen LogP contribution is 2.30. The zero-order valence-corrected chi connectivity index (χ0v) is 16.8. The van der Waals surface area contributed by atoms with Crippen LogP contribution in [-0.4, -0.2) is 18.0 Å². The van der Waals surface area contributed by atoms with E-state index in [1.54, 1.807) is 7.11 Å². The molecular formula is C19H18BrN3O2S. The summed E-state index contributed by atoms with van der Waals surface area (Å²) < 4.78 is 6.34. The predicted molar refractivity (Wildman–Crippen MR) is 108 cm³/mol. The van der Waals surface area contributed by atoms with Gasteiger partial charge in [-0.15, -0.1) is 0 Å². The van der Waals surface area contributed by atoms with Gasteiger partial charge in [-0.05, 0) is 36.8 Å². The fraction of sp³-hybridized carbons (Fsp3) is 0.158. The second-order valence-electron chi connectivity index (χ2n) is 5.57. The van der Waals surface area contributed by atoms with E-state index in [4.69, 9.17) is 4.74 Å². The fourth-order valence-electron chi connectivity index (χ4n) is 2.39. The number of aryl methyl sites for hydroxylation is 1. The van der Waals surface area contributed by atoms with E-state index in [0.29, 0.717) is 22.2 Å². The Kier molecular flexibility index (Phi) is 5.90. The van der Waals surface area contributed by atoms with Crippen molar-refractivity contribution in [2.45, 2.75) is 13.5 Å². The third kappa shape index (κ3) is 4.42. The van der Waals surface area contributed by atoms with Crippen LogP contribution in [0, 0.1) is 6.92 Å². The lowest BCUT2D eigenvalue weighted by molar-refractivity contribution is 0.0954. The van der Waals surface area contributed by atoms with Crippen molar-refractivity contribution in [3.8, 4) is 5.75 Å². The van der Waals surface area contributed by atoms with Crippen LogP contribution in [0.5, 0.6) is 5.75 Å². The van der Waals surface area contributed by atoms with Gasteiger partial charge >= 0.3 is 0 Å². The number of para-hydroxylation sites is 2. The predicted octanol–water partition coefficient (Wildman–Crippen LogP) is 4.90. The molecule has 26 heavy (non-hydrogen) atoms. The molecule has 0 spiro atoms. The topological polar surface area (TPSA) is 63.2 Å². The summed E-state index contributed by atoms with van der Waals surface area (Å²) in [4.78, 5) is 17.5. The molecule has 7 heteroatoms. The summed E-state index contributed by atoms with van der Waals surface area (Å²) in [6, 6.07) is 15.4. The van der Waals surface area contributed by atoms with Gasteiger partial charge in [0.1, 0.15) is 10.6 Å². The second kappa shape index (κ2) is 8.33. The maximum atomic E-state index is 12.5. The van der Waals surface area contributed by atoms with Gasteiger partial charge in [-0.1, -0.05) is 51.5 Å². The maximum Gasteiger partial charge on any atom is 0.263 e. The Bertz CT molecular complexity index is 909. The number of carbonyl (C=O) groups is 1. The van der Waals surface area contributed by atoms with Crippen LogP contribution in [-0.2, 0) is 6.54 Å². The van der Waals surface area contributed by atoms with Gasteiger partial charge in [0, 0.05) is 11.0 Å². The first-order valence-corrected chi connectivity index (χ1v) is 9.58. The van der Waals surface area contributed by atoms with Crippen molar-refractivity contribution < 1.29 is 9.53 Å². The van der Waals surface area contributed by atoms with E-state index in [-0.39, 0.29) is 5.91 Å². The van der Waals surface area contributed by atoms with Crippen molar-refractivity contribution in [3.05, 3.63) is 69.1 Å². The zero-order valence-electron chi connectivity index (χ0n) is 14.4. The molecule has 0 saturated carbocycles. The minimum atomic E-state index is -0.129. The molecule has 0 aliphatic heterocycles. The Labute approximate surface area is 164 Å². The van der Waals surface area contributed by atoms with Crippen molar-refractivity contribution in [3.63, 3.8) is 0 Å². The molecule has 0 aliphatic rings. The Hall–Kier alpha value is -2.38. The average Bonchev–Trinajstić information content (AvgIpc) is 3.02. The monoisotopic (exact) mass is 431 g/mol. The summed E-state index contributed by atoms with van der Waals surface area (Å²) in [5, 5.41) is 6.81. The highest BCUT2D eigenvalue weighted by molar-refractivity contribution is 9.10. The summed E-state index contributed by atoms with van der Waals surface area (Å²) in [6.07, 6.45) is 0. The van der Waals surface area contributed by atoms with Crippen LogP contribution in [0.3, 0.4) is 0 Å². The largest absolute Gasteiger partial charge is 0.495 e. The van der Waals surface area contributed by atoms with Gasteiger partial charge in [0.2, 0.25) is 0 Å². The van der Waals surface area contributed by atoms with Gasteiger partial charge in [-0.2, -0.15) is 0 Å². The molecule has 1 aromatic heterocycles. The maximum absolute atomic E-state index is 12.5. The van der Waals surface area contributed by atoms with Gasteiger partial charge in [-0.3, -0.25) is 4.79 Å². The summed E-state index contributed by atoms with van der Waals surface area (Å²) in [7, 11) is 1.62. The molecule has 0 bridgehead atoms. The van der Waals surface area contributed by atoms with Crippen LogP contribution in [0.25, 0.3) is 0 Å². The van der Waals surface area contributed by atoms with Crippen LogP contribution in [0.1, 0.15) is 20.9 Å². The molecule has 2 aromatic carbocycles. The molecule has 2 N–H and O–H groups in total. The molecule has 0 atom stereocenters. The SMILES string of the molecule is COc1ccccc1Nc1nc(C)c(C(=O)NCc2ccc(Br)cc2)s1. The van der Waals surface area contributed by atoms with E-state index in [2.05, 4.69) is 31.5 Å². The van der Waals surface area contributed by atoms with Gasteiger partial charge < -0.3 is 15.4 Å². The lowest BCUT2D eigenvalue weighted by Crippen LogP contribution is -2.22. The minimum Gasteiger partial charge on any atom is -0.495 e. The molecule has 3 aromatic rings. The molecule has 0 aliphatic carbocycles. The number of anilines is 2. The molecule has 1 amide bonds. The van der Waals surface area contributed by atoms with Gasteiger partial charge in [0.15, 0.2) is 5.13 Å². The van der Waals surface area contributed by atoms with Gasteiger partial charge in [0.25, 0.3) is 5.91 Å². The first kappa shape index (κ1) is 18.4. The standard InChI is InChI=1S/C19H18BrN3O2S/c1-12-17(18(24)21-11-13-7-9-14(20)10-8-13)26-19(22-12)23-15-5-3-4-6-16(15)25-2/h3-10H,11H2,1-2H3,(H,21,24)(H,22,23). The highest BCUT2D eigenvalue weighted by atomic mass is 79.9. The molecule has 5 nitrogen and oxygen atoms in total. The molecule has 134 valence electrons. The van der Waals surface area contributed by atoms with Crippen LogP contribution in [0.15, 0.2) is 53.0 Å². The van der Waals surface area contributed by atoms with E-state index >= 15 is 0 Å². The van der Waals surface area contributed by atoms with E-state index < -0.39 is 0 Å². The van der Waals surface area contributed by atoms with Gasteiger partial charge in [0.05, 0.1) is 18.5 Å². The number of nitrogens with zero attached hydrogens (tertiary/aromatic N) is 1. The number of hydrogen-bond donors (Lipinski definition) is 2. The number of aromatic nitrogens is 1. The highest BCUT2D eigenvalue weighted by Gasteiger charge is 2.16. The smallest absolute Gasteiger partial charge is 0.263 e. The van der Waals surface area contributed by atoms with E-state index in [1.165, 1.54) is 11.3 Å². The number of hydrogen-bond acceptors (Lipinski definition) is 5. The van der Waals surface area contributed by atoms with Crippen LogP contribution >= 0.6 is 27.3 Å². The van der Waals surface area contributed by atoms with Crippen LogP contribution in [0.4, 0.5) is 10.8 Å². The number of nitrogens with one attached hydrogen (secondary N) is 2. The molecule has 0 saturated heterocycles. The number of benzene rings is 2. The quantitative estimate of drug-likeness (QED) is 0.582. The number of amides is 1. The number of rotatable bonds is 6. The Morgan fingerprint density at radius 2 is 1.92 bits per heavy atom. The molecule has 1 heterocycles. The minimum absolute atomic E-state index is 0.129. The van der Waals surface area contributed by atoms with Crippen molar-refractivity contribution in [2.24, 2.45) is 0 Å². The summed E-state index contributed by atoms with van der Waals surface area (Å²) >= 11 is 4.72. The molecule has 0 unspecified atom stereocenters. The lowest BCUT2D eigenvalue weighted by Gasteiger charge is -2.08. The number of thiazole rings is 1. The van der Waals surface area contributed by atoms with Gasteiger partial charge in [-0.25, -0.2) is 4.98 Å². The summed E-state index contributed by atoms with van der Waals surface area (Å²) in [6.45, 7) is 2.30. The number of ether oxygens (including phenoxy) is 1. The number of carbonyl (C=O) groups excluding carboxylic acids is 1. The third-order valence-corrected chi connectivity index (χ3v) is 5.32. The molecule has 3 rings (SSSR count). The molecule has 0 fully saturated rings. The fourth-order valence-corrected chi connectivity index (χ4v) is 3.55. The normalized spacial score (nSPS) is 10.4. The first-order valence-electron chi connectivity index (χ1n) is 7.97. The van der Waals surface area contributed by atoms with Crippen molar-refractivity contribution in [1.82, 2.24) is 10.3 Å². The zero-order chi connectivity index (χ0) is 18.5. The Morgan fingerprint density at radius 1 is 1.19 bits per heavy atom. The summed E-state index contributed by atoms with van der Waals surface area (Å²) in [5.74, 6) is 0.595. The van der Waals surface area contributed by atoms with E-state index in [9.17, 15) is 4.79 Å². The van der Waals surface area contributed by atoms with Crippen molar-refractivity contribution in [1.29, 1.82) is 0 Å². The van der Waals surface area contributed by atoms with Crippen LogP contribution in [0.2, 0.25) is 0 Å². The molecular weight excluding hydrogens is 414 g/mol. The molecule has 0 radical (unpaired) electrons. The van der Waals surface area contributed by atoms with Crippen molar-refractivity contribution >= 4 is 44.0 Å². The summed E-state index contributed by atoms with van der Waals surface area (Å²) in [5.41, 5.74) is 2.54.